The summed E-state index contributed by atoms with van der Waals surface area (Å²) in [5, 5.41) is 0. The van der Waals surface area contributed by atoms with Crippen LogP contribution in [0.3, 0.4) is 0 Å². The lowest BCUT2D eigenvalue weighted by molar-refractivity contribution is 0.297. The molecule has 0 aromatic carbocycles. The van der Waals surface area contributed by atoms with E-state index in [4.69, 9.17) is 0 Å². The lowest BCUT2D eigenvalue weighted by Gasteiger charge is -2.22. The molecule has 0 aromatic rings. The van der Waals surface area contributed by atoms with E-state index in [1.54, 1.807) is 0 Å². The molecule has 0 unspecified atom stereocenters. The van der Waals surface area contributed by atoms with Crippen molar-refractivity contribution in [2.24, 2.45) is 4.99 Å². The van der Waals surface area contributed by atoms with E-state index in [0.717, 1.165) is 25.6 Å². The van der Waals surface area contributed by atoms with E-state index in [0.29, 0.717) is 0 Å². The van der Waals surface area contributed by atoms with Gasteiger partial charge in [-0.1, -0.05) is 13.8 Å². The molecule has 0 atom stereocenters. The van der Waals surface area contributed by atoms with Gasteiger partial charge in [-0.2, -0.15) is 0 Å². The van der Waals surface area contributed by atoms with Gasteiger partial charge in [-0.15, -0.1) is 24.0 Å². The number of aliphatic imine (C=N–C) groups is 1. The first-order valence-electron chi connectivity index (χ1n) is 6.64. The highest BCUT2D eigenvalue weighted by molar-refractivity contribution is 14.0. The predicted octanol–water partition coefficient (Wildman–Crippen LogP) is 2.21. The standard InChI is InChI=1S/C13H30N4.HI/c1-7-17(8-2)12-10-9-11-14-13(15(3)4)16(5)6;/h7-12H2,1-6H3;1H. The van der Waals surface area contributed by atoms with Crippen LogP contribution in [0.15, 0.2) is 4.99 Å². The van der Waals surface area contributed by atoms with Gasteiger partial charge in [0.2, 0.25) is 0 Å². The second-order valence-corrected chi connectivity index (χ2v) is 4.70. The minimum atomic E-state index is 0. The first-order chi connectivity index (χ1) is 8.02. The Bertz CT molecular complexity index is 203. The Kier molecular flexibility index (Phi) is 13.5. The summed E-state index contributed by atoms with van der Waals surface area (Å²) in [4.78, 5) is 11.2. The van der Waals surface area contributed by atoms with Gasteiger partial charge in [0.05, 0.1) is 0 Å². The summed E-state index contributed by atoms with van der Waals surface area (Å²) in [5.74, 6) is 1.05. The SMILES string of the molecule is CCN(CC)CCCCN=C(N(C)C)N(C)C.I. The topological polar surface area (TPSA) is 22.1 Å². The highest BCUT2D eigenvalue weighted by atomic mass is 127. The summed E-state index contributed by atoms with van der Waals surface area (Å²) in [6.07, 6.45) is 2.40. The molecule has 0 heterocycles. The van der Waals surface area contributed by atoms with E-state index in [2.05, 4.69) is 33.5 Å². The summed E-state index contributed by atoms with van der Waals surface area (Å²) < 4.78 is 0. The molecule has 0 aliphatic carbocycles. The van der Waals surface area contributed by atoms with Crippen molar-refractivity contribution in [2.45, 2.75) is 26.7 Å². The molecule has 0 aliphatic heterocycles. The molecule has 0 saturated heterocycles. The lowest BCUT2D eigenvalue weighted by atomic mass is 10.3. The highest BCUT2D eigenvalue weighted by Crippen LogP contribution is 1.97. The smallest absolute Gasteiger partial charge is 0.195 e. The van der Waals surface area contributed by atoms with Crippen LogP contribution >= 0.6 is 24.0 Å². The van der Waals surface area contributed by atoms with Crippen LogP contribution in [0.4, 0.5) is 0 Å². The monoisotopic (exact) mass is 370 g/mol. The Hall–Kier alpha value is -0.0400. The highest BCUT2D eigenvalue weighted by Gasteiger charge is 2.03. The van der Waals surface area contributed by atoms with Gasteiger partial charge in [-0.3, -0.25) is 4.99 Å². The number of rotatable bonds is 7. The van der Waals surface area contributed by atoms with E-state index in [-0.39, 0.29) is 24.0 Å². The zero-order valence-corrected chi connectivity index (χ0v) is 15.3. The van der Waals surface area contributed by atoms with Crippen molar-refractivity contribution >= 4 is 29.9 Å². The van der Waals surface area contributed by atoms with Crippen LogP contribution in [0.2, 0.25) is 0 Å². The van der Waals surface area contributed by atoms with Crippen LogP contribution < -0.4 is 0 Å². The lowest BCUT2D eigenvalue weighted by Crippen LogP contribution is -2.35. The number of hydrogen-bond acceptors (Lipinski definition) is 2. The van der Waals surface area contributed by atoms with Crippen LogP contribution in [0.25, 0.3) is 0 Å². The van der Waals surface area contributed by atoms with Crippen LogP contribution in [0, 0.1) is 0 Å². The minimum Gasteiger partial charge on any atom is -0.349 e. The molecular weight excluding hydrogens is 339 g/mol. The third-order valence-electron chi connectivity index (χ3n) is 2.83. The van der Waals surface area contributed by atoms with Crippen molar-refractivity contribution in [3.63, 3.8) is 0 Å². The van der Waals surface area contributed by atoms with E-state index >= 15 is 0 Å². The molecule has 0 radical (unpaired) electrons. The van der Waals surface area contributed by atoms with Crippen LogP contribution in [0.5, 0.6) is 0 Å². The number of guanidine groups is 1. The van der Waals surface area contributed by atoms with E-state index < -0.39 is 0 Å². The summed E-state index contributed by atoms with van der Waals surface area (Å²) >= 11 is 0. The van der Waals surface area contributed by atoms with Crippen molar-refractivity contribution in [2.75, 3.05) is 54.4 Å². The first kappa shape index (κ1) is 20.3. The molecule has 0 aliphatic rings. The fourth-order valence-electron chi connectivity index (χ4n) is 1.85. The maximum Gasteiger partial charge on any atom is 0.195 e. The number of hydrogen-bond donors (Lipinski definition) is 0. The Labute approximate surface area is 130 Å². The predicted molar refractivity (Wildman–Crippen MR) is 92.1 cm³/mol. The molecule has 0 bridgehead atoms. The molecule has 5 heteroatoms. The summed E-state index contributed by atoms with van der Waals surface area (Å²) in [6.45, 7) is 8.87. The molecule has 0 saturated carbocycles. The molecular formula is C13H31IN4. The zero-order valence-electron chi connectivity index (χ0n) is 12.9. The van der Waals surface area contributed by atoms with Crippen LogP contribution in [-0.2, 0) is 0 Å². The number of unbranched alkanes of at least 4 members (excludes halogenated alkanes) is 1. The summed E-state index contributed by atoms with van der Waals surface area (Å²) in [7, 11) is 8.15. The maximum atomic E-state index is 4.62. The zero-order chi connectivity index (χ0) is 13.3. The second-order valence-electron chi connectivity index (χ2n) is 4.70. The van der Waals surface area contributed by atoms with Gasteiger partial charge < -0.3 is 14.7 Å². The summed E-state index contributed by atoms with van der Waals surface area (Å²) in [6, 6.07) is 0. The molecule has 18 heavy (non-hydrogen) atoms. The van der Waals surface area contributed by atoms with Gasteiger partial charge in [-0.05, 0) is 32.5 Å². The van der Waals surface area contributed by atoms with Crippen molar-refractivity contribution < 1.29 is 0 Å². The maximum absolute atomic E-state index is 4.62. The van der Waals surface area contributed by atoms with Crippen LogP contribution in [0.1, 0.15) is 26.7 Å². The second kappa shape index (κ2) is 12.0. The third-order valence-corrected chi connectivity index (χ3v) is 2.83. The molecule has 0 fully saturated rings. The van der Waals surface area contributed by atoms with Gasteiger partial charge in [0.1, 0.15) is 0 Å². The van der Waals surface area contributed by atoms with Crippen molar-refractivity contribution in [3.8, 4) is 0 Å². The first-order valence-corrected chi connectivity index (χ1v) is 6.64. The van der Waals surface area contributed by atoms with Crippen molar-refractivity contribution in [1.29, 1.82) is 0 Å². The fourth-order valence-corrected chi connectivity index (χ4v) is 1.85. The van der Waals surface area contributed by atoms with Gasteiger partial charge in [0, 0.05) is 34.7 Å². The Morgan fingerprint density at radius 3 is 1.78 bits per heavy atom. The van der Waals surface area contributed by atoms with Crippen molar-refractivity contribution in [3.05, 3.63) is 0 Å². The molecule has 0 rings (SSSR count). The number of nitrogens with zero attached hydrogens (tertiary/aromatic N) is 4. The number of halogens is 1. The van der Waals surface area contributed by atoms with Crippen LogP contribution in [-0.4, -0.2) is 75.0 Å². The largest absolute Gasteiger partial charge is 0.349 e. The van der Waals surface area contributed by atoms with Gasteiger partial charge >= 0.3 is 0 Å². The molecule has 0 aromatic heterocycles. The van der Waals surface area contributed by atoms with E-state index in [1.165, 1.54) is 19.4 Å². The Morgan fingerprint density at radius 1 is 0.889 bits per heavy atom. The normalized spacial score (nSPS) is 9.94. The quantitative estimate of drug-likeness (QED) is 0.297. The van der Waals surface area contributed by atoms with Crippen molar-refractivity contribution in [1.82, 2.24) is 14.7 Å². The molecule has 110 valence electrons. The minimum absolute atomic E-state index is 0. The average molecular weight is 370 g/mol. The third kappa shape index (κ3) is 8.97. The van der Waals surface area contributed by atoms with Gasteiger partial charge in [0.25, 0.3) is 0 Å². The van der Waals surface area contributed by atoms with Gasteiger partial charge in [-0.25, -0.2) is 0 Å². The Balaban J connectivity index is 0. The fraction of sp³-hybridized carbons (Fsp3) is 0.923. The molecule has 0 spiro atoms. The van der Waals surface area contributed by atoms with E-state index in [1.807, 2.05) is 28.2 Å². The Morgan fingerprint density at radius 2 is 1.39 bits per heavy atom. The van der Waals surface area contributed by atoms with E-state index in [9.17, 15) is 0 Å². The van der Waals surface area contributed by atoms with Gasteiger partial charge in [0.15, 0.2) is 5.96 Å². The molecule has 4 nitrogen and oxygen atoms in total. The summed E-state index contributed by atoms with van der Waals surface area (Å²) in [5.41, 5.74) is 0. The molecule has 0 amide bonds. The molecule has 0 N–H and O–H groups in total. The average Bonchev–Trinajstić information content (AvgIpc) is 2.27.